The Balaban J connectivity index is 1.85. The van der Waals surface area contributed by atoms with Gasteiger partial charge in [-0.2, -0.15) is 4.99 Å². The molecule has 0 aliphatic carbocycles. The highest BCUT2D eigenvalue weighted by Gasteiger charge is 2.35. The van der Waals surface area contributed by atoms with E-state index in [9.17, 15) is 4.79 Å². The van der Waals surface area contributed by atoms with E-state index in [1.54, 1.807) is 17.8 Å². The van der Waals surface area contributed by atoms with Gasteiger partial charge in [-0.05, 0) is 51.5 Å². The maximum Gasteiger partial charge on any atom is 0.279 e. The lowest BCUT2D eigenvalue weighted by Crippen LogP contribution is -2.30. The first-order valence-corrected chi connectivity index (χ1v) is 9.27. The molecule has 1 aliphatic rings. The van der Waals surface area contributed by atoms with Gasteiger partial charge in [0.15, 0.2) is 5.17 Å². The van der Waals surface area contributed by atoms with Gasteiger partial charge in [0.1, 0.15) is 11.3 Å². The smallest absolute Gasteiger partial charge is 0.279 e. The monoisotopic (exact) mass is 344 g/mol. The predicted molar refractivity (Wildman–Crippen MR) is 101 cm³/mol. The quantitative estimate of drug-likeness (QED) is 0.794. The maximum absolute atomic E-state index is 12.6. The van der Waals surface area contributed by atoms with Crippen LogP contribution in [0.2, 0.25) is 0 Å². The number of hydrogen-bond acceptors (Lipinski definition) is 3. The molecule has 2 aromatic rings. The highest BCUT2D eigenvalue weighted by atomic mass is 32.2. The zero-order valence-electron chi connectivity index (χ0n) is 14.8. The highest BCUT2D eigenvalue weighted by molar-refractivity contribution is 8.15. The largest absolute Gasteiger partial charge is 0.461 e. The Hall–Kier alpha value is -1.75. The van der Waals surface area contributed by atoms with Gasteiger partial charge in [-0.15, -0.1) is 0 Å². The normalized spacial score (nSPS) is 18.7. The summed E-state index contributed by atoms with van der Waals surface area (Å²) in [6.07, 6.45) is 2.25. The maximum atomic E-state index is 12.6. The van der Waals surface area contributed by atoms with E-state index < -0.39 is 0 Å². The van der Waals surface area contributed by atoms with Gasteiger partial charge in [0.25, 0.3) is 5.91 Å². The molecule has 2 heterocycles. The van der Waals surface area contributed by atoms with Gasteiger partial charge in [-0.25, -0.2) is 0 Å². The number of aliphatic imine (C=N–C) groups is 1. The van der Waals surface area contributed by atoms with E-state index in [0.717, 1.165) is 47.8 Å². The average molecular weight is 344 g/mol. The second kappa shape index (κ2) is 6.63. The molecule has 0 N–H and O–H groups in total. The molecule has 1 aromatic heterocycles. The summed E-state index contributed by atoms with van der Waals surface area (Å²) in [5, 5.41) is 1.79. The van der Waals surface area contributed by atoms with Gasteiger partial charge in [-0.3, -0.25) is 4.79 Å². The summed E-state index contributed by atoms with van der Waals surface area (Å²) < 4.78 is 5.66. The molecule has 0 saturated carbocycles. The Kier molecular flexibility index (Phi) is 4.72. The zero-order chi connectivity index (χ0) is 17.3. The van der Waals surface area contributed by atoms with Crippen molar-refractivity contribution in [1.29, 1.82) is 0 Å². The fourth-order valence-electron chi connectivity index (χ4n) is 2.95. The first kappa shape index (κ1) is 17.1. The van der Waals surface area contributed by atoms with Gasteiger partial charge >= 0.3 is 0 Å². The molecule has 1 amide bonds. The Morgan fingerprint density at radius 1 is 1.38 bits per heavy atom. The summed E-state index contributed by atoms with van der Waals surface area (Å²) in [6, 6.07) is 7.44. The van der Waals surface area contributed by atoms with Gasteiger partial charge in [0.05, 0.1) is 0 Å². The van der Waals surface area contributed by atoms with Crippen molar-refractivity contribution in [1.82, 2.24) is 4.90 Å². The van der Waals surface area contributed by atoms with Crippen LogP contribution in [0.4, 0.5) is 0 Å². The molecular weight excluding hydrogens is 320 g/mol. The number of nitrogens with zero attached hydrogens (tertiary/aromatic N) is 2. The van der Waals surface area contributed by atoms with Crippen molar-refractivity contribution in [3.05, 3.63) is 35.6 Å². The van der Waals surface area contributed by atoms with Crippen LogP contribution < -0.4 is 0 Å². The first-order chi connectivity index (χ1) is 11.4. The molecule has 0 spiro atoms. The van der Waals surface area contributed by atoms with Crippen LogP contribution in [0.5, 0.6) is 0 Å². The number of hydrogen-bond donors (Lipinski definition) is 0. The number of aryl methyl sites for hydroxylation is 1. The minimum Gasteiger partial charge on any atom is -0.461 e. The fourth-order valence-corrected chi connectivity index (χ4v) is 4.08. The standard InChI is InChI=1S/C19H24N2O2S/c1-5-6-9-21-12-19(3,4)24-18(21)20-17(22)14-7-8-16-15(11-14)10-13(2)23-16/h7-8,10-11H,5-6,9,12H2,1-4H3. The van der Waals surface area contributed by atoms with Crippen LogP contribution in [-0.2, 0) is 0 Å². The molecule has 5 heteroatoms. The van der Waals surface area contributed by atoms with E-state index in [4.69, 9.17) is 4.42 Å². The molecule has 0 unspecified atom stereocenters. The third-order valence-electron chi connectivity index (χ3n) is 4.07. The van der Waals surface area contributed by atoms with E-state index in [1.807, 2.05) is 25.1 Å². The van der Waals surface area contributed by atoms with Crippen molar-refractivity contribution >= 4 is 33.8 Å². The van der Waals surface area contributed by atoms with Crippen molar-refractivity contribution in [3.8, 4) is 0 Å². The second-order valence-corrected chi connectivity index (χ2v) is 8.62. The van der Waals surface area contributed by atoms with Crippen molar-refractivity contribution in [2.75, 3.05) is 13.1 Å². The van der Waals surface area contributed by atoms with Gasteiger partial charge in [-0.1, -0.05) is 25.1 Å². The van der Waals surface area contributed by atoms with Crippen molar-refractivity contribution in [3.63, 3.8) is 0 Å². The number of furan rings is 1. The minimum absolute atomic E-state index is 0.0957. The number of thioether (sulfide) groups is 1. The van der Waals surface area contributed by atoms with Crippen LogP contribution in [-0.4, -0.2) is 33.8 Å². The molecule has 24 heavy (non-hydrogen) atoms. The Morgan fingerprint density at radius 2 is 2.17 bits per heavy atom. The van der Waals surface area contributed by atoms with E-state index in [0.29, 0.717) is 5.56 Å². The minimum atomic E-state index is -0.183. The SMILES string of the molecule is CCCCN1CC(C)(C)SC1=NC(=O)c1ccc2oc(C)cc2c1. The number of carbonyl (C=O) groups is 1. The third kappa shape index (κ3) is 3.66. The molecule has 128 valence electrons. The van der Waals surface area contributed by atoms with E-state index >= 15 is 0 Å². The van der Waals surface area contributed by atoms with Crippen LogP contribution in [0.3, 0.4) is 0 Å². The lowest BCUT2D eigenvalue weighted by Gasteiger charge is -2.19. The summed E-state index contributed by atoms with van der Waals surface area (Å²) >= 11 is 1.69. The lowest BCUT2D eigenvalue weighted by molar-refractivity contribution is 0.100. The topological polar surface area (TPSA) is 45.8 Å². The van der Waals surface area contributed by atoms with Crippen LogP contribution in [0.15, 0.2) is 33.7 Å². The summed E-state index contributed by atoms with van der Waals surface area (Å²) in [6.45, 7) is 10.4. The zero-order valence-corrected chi connectivity index (χ0v) is 15.6. The molecule has 1 aliphatic heterocycles. The van der Waals surface area contributed by atoms with Gasteiger partial charge in [0, 0.05) is 28.8 Å². The van der Waals surface area contributed by atoms with Crippen LogP contribution in [0, 0.1) is 6.92 Å². The third-order valence-corrected chi connectivity index (χ3v) is 5.29. The fraction of sp³-hybridized carbons (Fsp3) is 0.474. The molecule has 0 radical (unpaired) electrons. The molecule has 0 atom stereocenters. The number of unbranched alkanes of at least 4 members (excludes halogenated alkanes) is 1. The summed E-state index contributed by atoms with van der Waals surface area (Å²) in [5.41, 5.74) is 1.41. The van der Waals surface area contributed by atoms with E-state index in [2.05, 4.69) is 30.7 Å². The molecular formula is C19H24N2O2S. The number of benzene rings is 1. The summed E-state index contributed by atoms with van der Waals surface area (Å²) in [4.78, 5) is 19.3. The summed E-state index contributed by atoms with van der Waals surface area (Å²) in [5.74, 6) is 0.664. The van der Waals surface area contributed by atoms with Crippen LogP contribution >= 0.6 is 11.8 Å². The average Bonchev–Trinajstić information content (AvgIpc) is 3.02. The Bertz CT molecular complexity index is 792. The van der Waals surface area contributed by atoms with Crippen LogP contribution in [0.1, 0.15) is 49.7 Å². The molecule has 1 aromatic carbocycles. The number of amidine groups is 1. The number of amides is 1. The first-order valence-electron chi connectivity index (χ1n) is 8.45. The molecule has 3 rings (SSSR count). The Morgan fingerprint density at radius 3 is 2.92 bits per heavy atom. The van der Waals surface area contributed by atoms with Gasteiger partial charge < -0.3 is 9.32 Å². The highest BCUT2D eigenvalue weighted by Crippen LogP contribution is 2.36. The second-order valence-electron chi connectivity index (χ2n) is 6.95. The van der Waals surface area contributed by atoms with E-state index in [1.165, 1.54) is 0 Å². The summed E-state index contributed by atoms with van der Waals surface area (Å²) in [7, 11) is 0. The Labute approximate surface area is 147 Å². The van der Waals surface area contributed by atoms with E-state index in [-0.39, 0.29) is 10.7 Å². The van der Waals surface area contributed by atoms with Crippen molar-refractivity contribution < 1.29 is 9.21 Å². The number of rotatable bonds is 4. The number of fused-ring (bicyclic) bond motifs is 1. The predicted octanol–water partition coefficient (Wildman–Crippen LogP) is 4.86. The molecule has 1 saturated heterocycles. The molecule has 0 bridgehead atoms. The lowest BCUT2D eigenvalue weighted by atomic mass is 10.1. The van der Waals surface area contributed by atoms with Crippen LogP contribution in [0.25, 0.3) is 11.0 Å². The number of carbonyl (C=O) groups excluding carboxylic acids is 1. The molecule has 4 nitrogen and oxygen atoms in total. The van der Waals surface area contributed by atoms with Crippen molar-refractivity contribution in [2.45, 2.75) is 45.3 Å². The molecule has 1 fully saturated rings. The van der Waals surface area contributed by atoms with Gasteiger partial charge in [0.2, 0.25) is 0 Å². The van der Waals surface area contributed by atoms with Crippen molar-refractivity contribution in [2.24, 2.45) is 4.99 Å².